The predicted octanol–water partition coefficient (Wildman–Crippen LogP) is 1.92. The molecule has 0 unspecified atom stereocenters. The van der Waals surface area contributed by atoms with Gasteiger partial charge in [-0.1, -0.05) is 5.16 Å². The number of carbonyl (C=O) groups is 1. The first kappa shape index (κ1) is 8.12. The third-order valence-corrected chi connectivity index (χ3v) is 2.42. The SMILES string of the molecule is Cc1cc(-c2ncc(C=O)s2)on1. The molecule has 0 aliphatic carbocycles. The average molecular weight is 194 g/mol. The Morgan fingerprint density at radius 3 is 3.00 bits per heavy atom. The molecule has 2 aromatic heterocycles. The summed E-state index contributed by atoms with van der Waals surface area (Å²) in [6, 6.07) is 1.79. The van der Waals surface area contributed by atoms with Gasteiger partial charge < -0.3 is 4.52 Å². The number of carbonyl (C=O) groups excluding carboxylic acids is 1. The van der Waals surface area contributed by atoms with Gasteiger partial charge in [-0.3, -0.25) is 4.79 Å². The average Bonchev–Trinajstić information content (AvgIpc) is 2.71. The number of hydrogen-bond donors (Lipinski definition) is 0. The second-order valence-corrected chi connectivity index (χ2v) is 3.58. The lowest BCUT2D eigenvalue weighted by atomic mass is 10.4. The first-order valence-electron chi connectivity index (χ1n) is 3.64. The van der Waals surface area contributed by atoms with Crippen LogP contribution in [0.5, 0.6) is 0 Å². The van der Waals surface area contributed by atoms with Gasteiger partial charge in [-0.2, -0.15) is 0 Å². The van der Waals surface area contributed by atoms with Crippen molar-refractivity contribution < 1.29 is 9.32 Å². The van der Waals surface area contributed by atoms with Gasteiger partial charge >= 0.3 is 0 Å². The van der Waals surface area contributed by atoms with Crippen molar-refractivity contribution in [2.24, 2.45) is 0 Å². The number of hydrogen-bond acceptors (Lipinski definition) is 5. The molecule has 0 aliphatic rings. The molecule has 0 amide bonds. The Balaban J connectivity index is 2.40. The highest BCUT2D eigenvalue weighted by Gasteiger charge is 2.08. The van der Waals surface area contributed by atoms with Gasteiger partial charge in [0.05, 0.1) is 10.6 Å². The minimum atomic E-state index is 0.587. The molecule has 0 aromatic carbocycles. The number of aromatic nitrogens is 2. The predicted molar refractivity (Wildman–Crippen MR) is 47.7 cm³/mol. The maximum absolute atomic E-state index is 10.4. The Labute approximate surface area is 78.2 Å². The summed E-state index contributed by atoms with van der Waals surface area (Å²) in [7, 11) is 0. The number of rotatable bonds is 2. The van der Waals surface area contributed by atoms with Crippen molar-refractivity contribution in [2.45, 2.75) is 6.92 Å². The van der Waals surface area contributed by atoms with Gasteiger partial charge in [-0.05, 0) is 6.92 Å². The van der Waals surface area contributed by atoms with E-state index >= 15 is 0 Å². The Hall–Kier alpha value is -1.49. The summed E-state index contributed by atoms with van der Waals surface area (Å²) in [5, 5.41) is 4.41. The third kappa shape index (κ3) is 1.50. The van der Waals surface area contributed by atoms with E-state index in [1.807, 2.05) is 6.92 Å². The van der Waals surface area contributed by atoms with Crippen LogP contribution in [-0.2, 0) is 0 Å². The van der Waals surface area contributed by atoms with Crippen molar-refractivity contribution >= 4 is 17.6 Å². The standard InChI is InChI=1S/C8H6N2O2S/c1-5-2-7(12-10-5)8-9-3-6(4-11)13-8/h2-4H,1H3. The molecule has 66 valence electrons. The Morgan fingerprint density at radius 2 is 2.46 bits per heavy atom. The molecule has 13 heavy (non-hydrogen) atoms. The minimum Gasteiger partial charge on any atom is -0.353 e. The highest BCUT2D eigenvalue weighted by Crippen LogP contribution is 2.24. The van der Waals surface area contributed by atoms with E-state index in [0.29, 0.717) is 15.6 Å². The zero-order valence-electron chi connectivity index (χ0n) is 6.85. The molecule has 0 radical (unpaired) electrons. The molecule has 0 saturated carbocycles. The minimum absolute atomic E-state index is 0.587. The highest BCUT2D eigenvalue weighted by atomic mass is 32.1. The third-order valence-electron chi connectivity index (χ3n) is 1.48. The van der Waals surface area contributed by atoms with Crippen LogP contribution < -0.4 is 0 Å². The molecule has 0 saturated heterocycles. The van der Waals surface area contributed by atoms with Crippen molar-refractivity contribution in [3.05, 3.63) is 22.8 Å². The van der Waals surface area contributed by atoms with Gasteiger partial charge in [0.2, 0.25) is 0 Å². The van der Waals surface area contributed by atoms with Gasteiger partial charge in [0.25, 0.3) is 0 Å². The molecule has 2 aromatic rings. The lowest BCUT2D eigenvalue weighted by Gasteiger charge is -1.81. The van der Waals surface area contributed by atoms with Gasteiger partial charge in [0.1, 0.15) is 0 Å². The van der Waals surface area contributed by atoms with Crippen LogP contribution in [0.4, 0.5) is 0 Å². The lowest BCUT2D eigenvalue weighted by molar-refractivity contribution is 0.112. The fourth-order valence-electron chi connectivity index (χ4n) is 0.919. The first-order valence-corrected chi connectivity index (χ1v) is 4.46. The molecule has 2 heterocycles. The Bertz CT molecular complexity index is 433. The summed E-state index contributed by atoms with van der Waals surface area (Å²) in [4.78, 5) is 15.0. The zero-order chi connectivity index (χ0) is 9.26. The highest BCUT2D eigenvalue weighted by molar-refractivity contribution is 7.16. The summed E-state index contributed by atoms with van der Waals surface area (Å²) in [5.74, 6) is 0.607. The van der Waals surface area contributed by atoms with E-state index in [4.69, 9.17) is 4.52 Å². The van der Waals surface area contributed by atoms with Crippen LogP contribution >= 0.6 is 11.3 Å². The van der Waals surface area contributed by atoms with E-state index in [1.165, 1.54) is 17.5 Å². The summed E-state index contributed by atoms with van der Waals surface area (Å²) in [6.07, 6.45) is 2.29. The van der Waals surface area contributed by atoms with Gasteiger partial charge in [-0.15, -0.1) is 11.3 Å². The fourth-order valence-corrected chi connectivity index (χ4v) is 1.60. The van der Waals surface area contributed by atoms with Crippen LogP contribution in [0.1, 0.15) is 15.4 Å². The monoisotopic (exact) mass is 194 g/mol. The van der Waals surface area contributed by atoms with Gasteiger partial charge in [-0.25, -0.2) is 4.98 Å². The maximum Gasteiger partial charge on any atom is 0.195 e. The largest absolute Gasteiger partial charge is 0.353 e. The van der Waals surface area contributed by atoms with Crippen LogP contribution in [0.3, 0.4) is 0 Å². The molecule has 2 rings (SSSR count). The normalized spacial score (nSPS) is 10.2. The van der Waals surface area contributed by atoms with Gasteiger partial charge in [0.15, 0.2) is 17.1 Å². The molecule has 0 N–H and O–H groups in total. The molecule has 0 atom stereocenters. The fraction of sp³-hybridized carbons (Fsp3) is 0.125. The van der Waals surface area contributed by atoms with E-state index in [9.17, 15) is 4.79 Å². The number of thiazole rings is 1. The van der Waals surface area contributed by atoms with E-state index in [0.717, 1.165) is 12.0 Å². The maximum atomic E-state index is 10.4. The van der Waals surface area contributed by atoms with Crippen LogP contribution in [0.15, 0.2) is 16.8 Å². The number of nitrogens with zero attached hydrogens (tertiary/aromatic N) is 2. The Kier molecular flexibility index (Phi) is 1.94. The Morgan fingerprint density at radius 1 is 1.62 bits per heavy atom. The van der Waals surface area contributed by atoms with Crippen LogP contribution in [-0.4, -0.2) is 16.4 Å². The molecule has 0 spiro atoms. The molecular formula is C8H6N2O2S. The second kappa shape index (κ2) is 3.10. The molecule has 0 aliphatic heterocycles. The van der Waals surface area contributed by atoms with Crippen molar-refractivity contribution in [2.75, 3.05) is 0 Å². The van der Waals surface area contributed by atoms with Crippen molar-refractivity contribution in [1.82, 2.24) is 10.1 Å². The van der Waals surface area contributed by atoms with Crippen LogP contribution in [0.25, 0.3) is 10.8 Å². The second-order valence-electron chi connectivity index (χ2n) is 2.52. The zero-order valence-corrected chi connectivity index (χ0v) is 7.67. The van der Waals surface area contributed by atoms with E-state index in [1.54, 1.807) is 6.07 Å². The number of aryl methyl sites for hydroxylation is 1. The van der Waals surface area contributed by atoms with Crippen molar-refractivity contribution in [3.63, 3.8) is 0 Å². The topological polar surface area (TPSA) is 56.0 Å². The lowest BCUT2D eigenvalue weighted by Crippen LogP contribution is -1.66. The first-order chi connectivity index (χ1) is 6.29. The summed E-state index contributed by atoms with van der Waals surface area (Å²) in [6.45, 7) is 1.83. The van der Waals surface area contributed by atoms with Crippen molar-refractivity contribution in [3.8, 4) is 10.8 Å². The summed E-state index contributed by atoms with van der Waals surface area (Å²) >= 11 is 1.29. The smallest absolute Gasteiger partial charge is 0.195 e. The molecule has 5 heteroatoms. The molecule has 4 nitrogen and oxygen atoms in total. The van der Waals surface area contributed by atoms with Gasteiger partial charge in [0, 0.05) is 12.3 Å². The molecular weight excluding hydrogens is 188 g/mol. The quantitative estimate of drug-likeness (QED) is 0.685. The summed E-state index contributed by atoms with van der Waals surface area (Å²) in [5.41, 5.74) is 0.804. The molecule has 0 bridgehead atoms. The van der Waals surface area contributed by atoms with Crippen LogP contribution in [0.2, 0.25) is 0 Å². The van der Waals surface area contributed by atoms with Crippen LogP contribution in [0, 0.1) is 6.92 Å². The molecule has 0 fully saturated rings. The van der Waals surface area contributed by atoms with E-state index < -0.39 is 0 Å². The van der Waals surface area contributed by atoms with Crippen molar-refractivity contribution in [1.29, 1.82) is 0 Å². The number of aldehydes is 1. The van der Waals surface area contributed by atoms with E-state index in [-0.39, 0.29) is 0 Å². The van der Waals surface area contributed by atoms with E-state index in [2.05, 4.69) is 10.1 Å². The summed E-state index contributed by atoms with van der Waals surface area (Å²) < 4.78 is 4.99.